The molecule has 1 aromatic carbocycles. The van der Waals surface area contributed by atoms with Gasteiger partial charge in [0.15, 0.2) is 0 Å². The van der Waals surface area contributed by atoms with Crippen LogP contribution in [-0.4, -0.2) is 99.4 Å². The molecule has 4 fully saturated rings. The molecular weight excluding hydrogens is 690 g/mol. The number of aromatic nitrogens is 4. The van der Waals surface area contributed by atoms with Crippen LogP contribution in [0.5, 0.6) is 0 Å². The van der Waals surface area contributed by atoms with Crippen molar-refractivity contribution in [1.29, 1.82) is 0 Å². The Morgan fingerprint density at radius 2 is 1.67 bits per heavy atom. The van der Waals surface area contributed by atoms with Gasteiger partial charge in [0.2, 0.25) is 5.91 Å². The van der Waals surface area contributed by atoms with E-state index in [1.807, 2.05) is 29.4 Å². The van der Waals surface area contributed by atoms with E-state index >= 15 is 0 Å². The van der Waals surface area contributed by atoms with Gasteiger partial charge in [-0.2, -0.15) is 10.2 Å². The second-order valence-electron chi connectivity index (χ2n) is 14.3. The standard InChI is InChI=1S/C35H44BrN9O4/c1-41-20-25(17-26(21-41)39-28-19-37-42(2)34(49)31(28)36)23-3-5-24(6-4-23)33(48)44-15-11-35(12-16-44)9-13-43(14-10-35)27-18-38-45(22-27)29-7-8-30(46)40-32(29)47/h3-6,18-19,22,25-26,29,39H,7-17,20-21H2,1-2H3,(H,40,46,47)/t25-,26+,29?/m1/s1. The summed E-state index contributed by atoms with van der Waals surface area (Å²) in [4.78, 5) is 56.4. The van der Waals surface area contributed by atoms with Crippen LogP contribution in [0.15, 0.2) is 52.1 Å². The van der Waals surface area contributed by atoms with Gasteiger partial charge in [0, 0.05) is 70.5 Å². The number of hydrogen-bond donors (Lipinski definition) is 2. The minimum absolute atomic E-state index is 0.100. The fourth-order valence-electron chi connectivity index (χ4n) is 8.10. The maximum absolute atomic E-state index is 13.6. The predicted octanol–water partition coefficient (Wildman–Crippen LogP) is 3.14. The Bertz CT molecular complexity index is 1770. The summed E-state index contributed by atoms with van der Waals surface area (Å²) in [5.74, 6) is -0.112. The summed E-state index contributed by atoms with van der Waals surface area (Å²) in [5.41, 5.74) is 3.73. The van der Waals surface area contributed by atoms with E-state index in [0.29, 0.717) is 28.9 Å². The second kappa shape index (κ2) is 13.7. The highest BCUT2D eigenvalue weighted by Gasteiger charge is 2.39. The Kier molecular flexibility index (Phi) is 9.35. The molecule has 3 amide bonds. The zero-order chi connectivity index (χ0) is 34.3. The van der Waals surface area contributed by atoms with Crippen LogP contribution in [0.1, 0.15) is 72.8 Å². The molecule has 3 atom stereocenters. The van der Waals surface area contributed by atoms with Crippen LogP contribution < -0.4 is 21.1 Å². The first-order chi connectivity index (χ1) is 23.6. The van der Waals surface area contributed by atoms with Gasteiger partial charge in [-0.15, -0.1) is 0 Å². The monoisotopic (exact) mass is 733 g/mol. The molecule has 0 bridgehead atoms. The number of likely N-dealkylation sites (tertiary alicyclic amines) is 2. The molecule has 0 aliphatic carbocycles. The predicted molar refractivity (Wildman–Crippen MR) is 189 cm³/mol. The van der Waals surface area contributed by atoms with Crippen LogP contribution in [0.2, 0.25) is 0 Å². The van der Waals surface area contributed by atoms with Gasteiger partial charge >= 0.3 is 0 Å². The molecule has 0 saturated carbocycles. The van der Waals surface area contributed by atoms with Crippen molar-refractivity contribution in [3.05, 3.63) is 68.8 Å². The van der Waals surface area contributed by atoms with Crippen molar-refractivity contribution in [3.63, 3.8) is 0 Å². The Hall–Kier alpha value is -4.04. The summed E-state index contributed by atoms with van der Waals surface area (Å²) >= 11 is 3.43. The Morgan fingerprint density at radius 1 is 0.959 bits per heavy atom. The van der Waals surface area contributed by atoms with E-state index in [2.05, 4.69) is 65.7 Å². The smallest absolute Gasteiger partial charge is 0.282 e. The summed E-state index contributed by atoms with van der Waals surface area (Å²) in [6.45, 7) is 5.15. The number of imide groups is 1. The average Bonchev–Trinajstić information content (AvgIpc) is 3.59. The van der Waals surface area contributed by atoms with E-state index in [9.17, 15) is 19.2 Å². The molecule has 2 aromatic heterocycles. The molecule has 6 heterocycles. The lowest BCUT2D eigenvalue weighted by atomic mass is 9.71. The third kappa shape index (κ3) is 7.03. The number of halogens is 1. The molecule has 260 valence electrons. The highest BCUT2D eigenvalue weighted by Crippen LogP contribution is 2.42. The van der Waals surface area contributed by atoms with E-state index in [0.717, 1.165) is 82.6 Å². The topological polar surface area (TPSA) is 138 Å². The van der Waals surface area contributed by atoms with Crippen LogP contribution >= 0.6 is 15.9 Å². The number of hydrogen-bond acceptors (Lipinski definition) is 9. The van der Waals surface area contributed by atoms with Gasteiger partial charge in [-0.1, -0.05) is 12.1 Å². The quantitative estimate of drug-likeness (QED) is 0.366. The van der Waals surface area contributed by atoms with Crippen LogP contribution in [0.25, 0.3) is 0 Å². The van der Waals surface area contributed by atoms with Gasteiger partial charge in [0.25, 0.3) is 17.4 Å². The van der Waals surface area contributed by atoms with Crippen molar-refractivity contribution in [3.8, 4) is 0 Å². The zero-order valence-corrected chi connectivity index (χ0v) is 29.7. The van der Waals surface area contributed by atoms with Crippen molar-refractivity contribution in [1.82, 2.24) is 34.7 Å². The zero-order valence-electron chi connectivity index (χ0n) is 28.1. The molecule has 0 radical (unpaired) electrons. The van der Waals surface area contributed by atoms with E-state index in [4.69, 9.17) is 0 Å². The maximum atomic E-state index is 13.6. The molecule has 14 heteroatoms. The number of aryl methyl sites for hydroxylation is 1. The second-order valence-corrected chi connectivity index (χ2v) is 15.1. The first kappa shape index (κ1) is 33.5. The van der Waals surface area contributed by atoms with E-state index in [1.165, 1.54) is 10.2 Å². The molecule has 4 saturated heterocycles. The summed E-state index contributed by atoms with van der Waals surface area (Å²) in [6.07, 6.45) is 11.3. The Labute approximate surface area is 294 Å². The number of rotatable bonds is 6. The largest absolute Gasteiger partial charge is 0.379 e. The molecular formula is C35H44BrN9O4. The molecule has 3 aromatic rings. The first-order valence-electron chi connectivity index (χ1n) is 17.3. The normalized spacial score (nSPS) is 24.6. The number of likely N-dealkylation sites (N-methyl/N-ethyl adjacent to an activating group) is 1. The summed E-state index contributed by atoms with van der Waals surface area (Å²) < 4.78 is 3.49. The van der Waals surface area contributed by atoms with Gasteiger partial charge < -0.3 is 20.0 Å². The van der Waals surface area contributed by atoms with Crippen molar-refractivity contribution in [2.45, 2.75) is 62.9 Å². The van der Waals surface area contributed by atoms with Crippen molar-refractivity contribution < 1.29 is 14.4 Å². The molecule has 1 unspecified atom stereocenters. The first-order valence-corrected chi connectivity index (χ1v) is 18.1. The summed E-state index contributed by atoms with van der Waals surface area (Å²) in [7, 11) is 3.75. The minimum Gasteiger partial charge on any atom is -0.379 e. The third-order valence-electron chi connectivity index (χ3n) is 11.1. The van der Waals surface area contributed by atoms with Crippen molar-refractivity contribution >= 4 is 45.0 Å². The van der Waals surface area contributed by atoms with Gasteiger partial charge in [-0.3, -0.25) is 29.2 Å². The van der Waals surface area contributed by atoms with Crippen LogP contribution in [-0.2, 0) is 16.6 Å². The van der Waals surface area contributed by atoms with Crippen LogP contribution in [0.3, 0.4) is 0 Å². The average molecular weight is 735 g/mol. The summed E-state index contributed by atoms with van der Waals surface area (Å²) in [5, 5.41) is 14.5. The third-order valence-corrected chi connectivity index (χ3v) is 11.9. The van der Waals surface area contributed by atoms with Crippen LogP contribution in [0, 0.1) is 5.41 Å². The lowest BCUT2D eigenvalue weighted by Crippen LogP contribution is -2.48. The summed E-state index contributed by atoms with van der Waals surface area (Å²) in [6, 6.07) is 7.88. The molecule has 7 rings (SSSR count). The number of piperidine rings is 4. The highest BCUT2D eigenvalue weighted by atomic mass is 79.9. The molecule has 13 nitrogen and oxygen atoms in total. The molecule has 4 aliphatic rings. The SMILES string of the molecule is CN1C[C@@H](Nc2cnn(C)c(=O)c2Br)C[C@@H](c2ccc(C(=O)N3CCC4(CC3)CCN(c3cnn(C5CCC(=O)NC5=O)c3)CC4)cc2)C1. The number of carbonyl (C=O) groups is 3. The Morgan fingerprint density at radius 3 is 2.39 bits per heavy atom. The minimum atomic E-state index is -0.441. The van der Waals surface area contributed by atoms with Gasteiger partial charge in [-0.25, -0.2) is 4.68 Å². The number of nitrogens with zero attached hydrogens (tertiary/aromatic N) is 7. The van der Waals surface area contributed by atoms with Crippen LogP contribution in [0.4, 0.5) is 11.4 Å². The molecule has 1 spiro atoms. The van der Waals surface area contributed by atoms with E-state index < -0.39 is 6.04 Å². The van der Waals surface area contributed by atoms with Gasteiger partial charge in [0.05, 0.1) is 23.8 Å². The fourth-order valence-corrected chi connectivity index (χ4v) is 8.57. The lowest BCUT2D eigenvalue weighted by molar-refractivity contribution is -0.135. The maximum Gasteiger partial charge on any atom is 0.282 e. The molecule has 49 heavy (non-hydrogen) atoms. The van der Waals surface area contributed by atoms with Gasteiger partial charge in [0.1, 0.15) is 10.5 Å². The number of carbonyl (C=O) groups excluding carboxylic acids is 3. The van der Waals surface area contributed by atoms with Crippen molar-refractivity contribution in [2.24, 2.45) is 12.5 Å². The van der Waals surface area contributed by atoms with Crippen molar-refractivity contribution in [2.75, 3.05) is 56.5 Å². The highest BCUT2D eigenvalue weighted by molar-refractivity contribution is 9.10. The van der Waals surface area contributed by atoms with Gasteiger partial charge in [-0.05, 0) is 90.5 Å². The number of benzene rings is 1. The molecule has 4 aliphatic heterocycles. The number of amides is 3. The number of nitrogens with one attached hydrogen (secondary N) is 2. The molecule has 2 N–H and O–H groups in total. The lowest BCUT2D eigenvalue weighted by Gasteiger charge is -2.47. The fraction of sp³-hybridized carbons (Fsp3) is 0.543. The van der Waals surface area contributed by atoms with E-state index in [-0.39, 0.29) is 34.7 Å². The Balaban J connectivity index is 0.907. The van der Waals surface area contributed by atoms with E-state index in [1.54, 1.807) is 17.9 Å². The number of anilines is 2.